The molecular weight excluding hydrogens is 318 g/mol. The number of fused-ring (bicyclic) bond motifs is 4. The van der Waals surface area contributed by atoms with Gasteiger partial charge in [0.2, 0.25) is 5.95 Å². The lowest BCUT2D eigenvalue weighted by Gasteiger charge is -2.35. The SMILES string of the molecule is CCCc1cc(C(=O)N2C[C@H]3CC[C@@H]2CN(c2ncccn2)C3)no1. The summed E-state index contributed by atoms with van der Waals surface area (Å²) in [4.78, 5) is 25.9. The van der Waals surface area contributed by atoms with Gasteiger partial charge < -0.3 is 14.3 Å². The van der Waals surface area contributed by atoms with E-state index in [1.54, 1.807) is 18.5 Å². The Labute approximate surface area is 147 Å². The Morgan fingerprint density at radius 1 is 1.24 bits per heavy atom. The van der Waals surface area contributed by atoms with Crippen LogP contribution in [0.3, 0.4) is 0 Å². The maximum absolute atomic E-state index is 13.0. The molecule has 2 bridgehead atoms. The molecule has 1 amide bonds. The van der Waals surface area contributed by atoms with Crippen LogP contribution in [-0.2, 0) is 6.42 Å². The summed E-state index contributed by atoms with van der Waals surface area (Å²) in [6.07, 6.45) is 7.47. The Hall–Kier alpha value is -2.44. The highest BCUT2D eigenvalue weighted by molar-refractivity contribution is 5.92. The minimum Gasteiger partial charge on any atom is -0.361 e. The highest BCUT2D eigenvalue weighted by Gasteiger charge is 2.38. The molecule has 3 aliphatic rings. The molecule has 0 spiro atoms. The van der Waals surface area contributed by atoms with E-state index in [0.717, 1.165) is 57.0 Å². The van der Waals surface area contributed by atoms with Crippen molar-refractivity contribution in [2.45, 2.75) is 38.6 Å². The van der Waals surface area contributed by atoms with Gasteiger partial charge in [-0.1, -0.05) is 12.1 Å². The molecule has 3 saturated heterocycles. The predicted molar refractivity (Wildman–Crippen MR) is 92.3 cm³/mol. The van der Waals surface area contributed by atoms with Gasteiger partial charge in [0.15, 0.2) is 5.69 Å². The molecule has 5 rings (SSSR count). The number of piperidine rings is 1. The van der Waals surface area contributed by atoms with Crippen LogP contribution in [0.25, 0.3) is 0 Å². The van der Waals surface area contributed by atoms with E-state index < -0.39 is 0 Å². The number of carbonyl (C=O) groups is 1. The monoisotopic (exact) mass is 341 g/mol. The third-order valence-corrected chi connectivity index (χ3v) is 5.08. The zero-order valence-corrected chi connectivity index (χ0v) is 14.5. The van der Waals surface area contributed by atoms with E-state index in [-0.39, 0.29) is 11.9 Å². The van der Waals surface area contributed by atoms with Crippen molar-refractivity contribution in [2.24, 2.45) is 5.92 Å². The van der Waals surface area contributed by atoms with Gasteiger partial charge in [-0.05, 0) is 31.2 Å². The molecule has 2 aromatic rings. The third-order valence-electron chi connectivity index (χ3n) is 5.08. The van der Waals surface area contributed by atoms with Crippen LogP contribution in [0.2, 0.25) is 0 Å². The highest BCUT2D eigenvalue weighted by Crippen LogP contribution is 2.30. The Morgan fingerprint density at radius 3 is 2.88 bits per heavy atom. The number of anilines is 1. The number of carbonyl (C=O) groups excluding carboxylic acids is 1. The lowest BCUT2D eigenvalue weighted by atomic mass is 9.94. The van der Waals surface area contributed by atoms with Crippen LogP contribution >= 0.6 is 0 Å². The third kappa shape index (κ3) is 3.23. The zero-order valence-electron chi connectivity index (χ0n) is 14.5. The average Bonchev–Trinajstić information content (AvgIpc) is 2.92. The molecule has 0 saturated carbocycles. The van der Waals surface area contributed by atoms with E-state index in [0.29, 0.717) is 11.6 Å². The first-order chi connectivity index (χ1) is 12.2. The van der Waals surface area contributed by atoms with Gasteiger partial charge >= 0.3 is 0 Å². The number of hydrogen-bond acceptors (Lipinski definition) is 6. The van der Waals surface area contributed by atoms with Crippen molar-refractivity contribution in [1.82, 2.24) is 20.0 Å². The van der Waals surface area contributed by atoms with Gasteiger partial charge in [-0.3, -0.25) is 4.79 Å². The molecule has 7 heteroatoms. The summed E-state index contributed by atoms with van der Waals surface area (Å²) >= 11 is 0. The summed E-state index contributed by atoms with van der Waals surface area (Å²) < 4.78 is 5.29. The summed E-state index contributed by atoms with van der Waals surface area (Å²) in [5, 5.41) is 4.00. The maximum Gasteiger partial charge on any atom is 0.276 e. The minimum atomic E-state index is -0.0170. The maximum atomic E-state index is 13.0. The normalized spacial score (nSPS) is 22.9. The molecule has 2 aromatic heterocycles. The van der Waals surface area contributed by atoms with Gasteiger partial charge in [-0.2, -0.15) is 0 Å². The summed E-state index contributed by atoms with van der Waals surface area (Å²) in [6.45, 7) is 4.51. The molecule has 25 heavy (non-hydrogen) atoms. The fourth-order valence-corrected chi connectivity index (χ4v) is 3.87. The van der Waals surface area contributed by atoms with E-state index in [4.69, 9.17) is 4.52 Å². The molecule has 2 atom stereocenters. The van der Waals surface area contributed by atoms with Gasteiger partial charge in [0.1, 0.15) is 5.76 Å². The lowest BCUT2D eigenvalue weighted by Crippen LogP contribution is -2.47. The van der Waals surface area contributed by atoms with Crippen LogP contribution < -0.4 is 4.90 Å². The molecule has 0 aliphatic carbocycles. The number of aryl methyl sites for hydroxylation is 1. The molecule has 132 valence electrons. The van der Waals surface area contributed by atoms with Crippen molar-refractivity contribution < 1.29 is 9.32 Å². The second kappa shape index (κ2) is 6.82. The minimum absolute atomic E-state index is 0.0170. The molecule has 3 aliphatic heterocycles. The topological polar surface area (TPSA) is 75.4 Å². The summed E-state index contributed by atoms with van der Waals surface area (Å²) in [5.41, 5.74) is 0.429. The molecule has 5 heterocycles. The Balaban J connectivity index is 1.53. The van der Waals surface area contributed by atoms with Crippen LogP contribution in [0.5, 0.6) is 0 Å². The van der Waals surface area contributed by atoms with Crippen molar-refractivity contribution in [2.75, 3.05) is 24.5 Å². The van der Waals surface area contributed by atoms with Crippen LogP contribution in [0, 0.1) is 5.92 Å². The number of rotatable bonds is 4. The fraction of sp³-hybridized carbons (Fsp3) is 0.556. The van der Waals surface area contributed by atoms with Gasteiger partial charge in [0.25, 0.3) is 5.91 Å². The number of nitrogens with zero attached hydrogens (tertiary/aromatic N) is 5. The van der Waals surface area contributed by atoms with Crippen molar-refractivity contribution in [1.29, 1.82) is 0 Å². The second-order valence-electron chi connectivity index (χ2n) is 6.94. The Bertz CT molecular complexity index is 732. The van der Waals surface area contributed by atoms with E-state index in [1.807, 2.05) is 11.0 Å². The Morgan fingerprint density at radius 2 is 2.08 bits per heavy atom. The van der Waals surface area contributed by atoms with E-state index in [2.05, 4.69) is 26.9 Å². The van der Waals surface area contributed by atoms with Crippen molar-refractivity contribution in [3.8, 4) is 0 Å². The first-order valence-corrected chi connectivity index (χ1v) is 9.03. The van der Waals surface area contributed by atoms with Gasteiger partial charge in [0.05, 0.1) is 0 Å². The smallest absolute Gasteiger partial charge is 0.276 e. The molecule has 0 N–H and O–H groups in total. The second-order valence-corrected chi connectivity index (χ2v) is 6.94. The van der Waals surface area contributed by atoms with Crippen molar-refractivity contribution >= 4 is 11.9 Å². The summed E-state index contributed by atoms with van der Waals surface area (Å²) in [7, 11) is 0. The number of hydrogen-bond donors (Lipinski definition) is 0. The predicted octanol–water partition coefficient (Wildman–Crippen LogP) is 2.16. The molecule has 3 fully saturated rings. The van der Waals surface area contributed by atoms with E-state index in [9.17, 15) is 4.79 Å². The first kappa shape index (κ1) is 16.1. The highest BCUT2D eigenvalue weighted by atomic mass is 16.5. The van der Waals surface area contributed by atoms with Crippen LogP contribution in [0.1, 0.15) is 42.4 Å². The fourth-order valence-electron chi connectivity index (χ4n) is 3.87. The van der Waals surface area contributed by atoms with Crippen LogP contribution in [0.15, 0.2) is 29.0 Å². The molecule has 0 radical (unpaired) electrons. The Kier molecular flexibility index (Phi) is 4.38. The standard InChI is InChI=1S/C18H23N5O2/c1-2-4-15-9-16(21-25-15)17(24)23-11-13-5-6-14(23)12-22(10-13)18-19-7-3-8-20-18/h3,7-9,13-14H,2,4-6,10-12H2,1H3/t13-,14+/m0/s1. The lowest BCUT2D eigenvalue weighted by molar-refractivity contribution is 0.0581. The molecular formula is C18H23N5O2. The van der Waals surface area contributed by atoms with Crippen molar-refractivity contribution in [3.63, 3.8) is 0 Å². The quantitative estimate of drug-likeness (QED) is 0.848. The largest absolute Gasteiger partial charge is 0.361 e. The van der Waals surface area contributed by atoms with Gasteiger partial charge in [0, 0.05) is 50.6 Å². The summed E-state index contributed by atoms with van der Waals surface area (Å²) in [5.74, 6) is 1.95. The molecule has 0 aromatic carbocycles. The van der Waals surface area contributed by atoms with Crippen LogP contribution in [-0.4, -0.2) is 51.6 Å². The van der Waals surface area contributed by atoms with Crippen LogP contribution in [0.4, 0.5) is 5.95 Å². The van der Waals surface area contributed by atoms with Crippen molar-refractivity contribution in [3.05, 3.63) is 36.0 Å². The van der Waals surface area contributed by atoms with Gasteiger partial charge in [-0.15, -0.1) is 0 Å². The van der Waals surface area contributed by atoms with E-state index >= 15 is 0 Å². The molecule has 0 unspecified atom stereocenters. The van der Waals surface area contributed by atoms with Gasteiger partial charge in [-0.25, -0.2) is 9.97 Å². The summed E-state index contributed by atoms with van der Waals surface area (Å²) in [6, 6.07) is 3.79. The van der Waals surface area contributed by atoms with E-state index in [1.165, 1.54) is 0 Å². The number of aromatic nitrogens is 3. The zero-order chi connectivity index (χ0) is 17.2. The first-order valence-electron chi connectivity index (χ1n) is 9.03. The average molecular weight is 341 g/mol. The molecule has 7 nitrogen and oxygen atoms in total. The number of amides is 1.